The van der Waals surface area contributed by atoms with E-state index in [1.807, 2.05) is 44.2 Å². The lowest BCUT2D eigenvalue weighted by Crippen LogP contribution is -2.38. The van der Waals surface area contributed by atoms with Crippen molar-refractivity contribution in [2.45, 2.75) is 32.9 Å². The molecule has 0 aliphatic carbocycles. The molecule has 2 aromatic rings. The summed E-state index contributed by atoms with van der Waals surface area (Å²) < 4.78 is 5.65. The Balaban J connectivity index is 2.07. The summed E-state index contributed by atoms with van der Waals surface area (Å²) in [5, 5.41) is 8.85. The molecule has 1 amide bonds. The zero-order valence-electron chi connectivity index (χ0n) is 14.4. The molecule has 2 rings (SSSR count). The van der Waals surface area contributed by atoms with Crippen LogP contribution in [-0.2, 0) is 11.4 Å². The van der Waals surface area contributed by atoms with Crippen LogP contribution >= 0.6 is 0 Å². The maximum absolute atomic E-state index is 12.7. The van der Waals surface area contributed by atoms with Gasteiger partial charge in [-0.05, 0) is 25.5 Å². The van der Waals surface area contributed by atoms with Crippen molar-refractivity contribution in [3.05, 3.63) is 59.8 Å². The molecule has 0 atom stereocenters. The molecule has 1 heterocycles. The highest BCUT2D eigenvalue weighted by Gasteiger charge is 2.20. The van der Waals surface area contributed by atoms with E-state index in [0.29, 0.717) is 18.1 Å². The van der Waals surface area contributed by atoms with Crippen LogP contribution in [-0.4, -0.2) is 39.5 Å². The molecule has 25 heavy (non-hydrogen) atoms. The van der Waals surface area contributed by atoms with Crippen molar-refractivity contribution < 1.29 is 19.4 Å². The van der Waals surface area contributed by atoms with E-state index in [2.05, 4.69) is 4.98 Å². The lowest BCUT2D eigenvalue weighted by Gasteiger charge is -2.26. The van der Waals surface area contributed by atoms with Crippen LogP contribution in [0.2, 0.25) is 0 Å². The van der Waals surface area contributed by atoms with Gasteiger partial charge in [0, 0.05) is 30.4 Å². The highest BCUT2D eigenvalue weighted by Crippen LogP contribution is 2.15. The summed E-state index contributed by atoms with van der Waals surface area (Å²) in [6, 6.07) is 12.8. The Hall–Kier alpha value is -2.89. The highest BCUT2D eigenvalue weighted by atomic mass is 16.5. The van der Waals surface area contributed by atoms with Gasteiger partial charge in [-0.2, -0.15) is 0 Å². The molecule has 1 aromatic carbocycles. The Morgan fingerprint density at radius 3 is 2.56 bits per heavy atom. The first-order valence-electron chi connectivity index (χ1n) is 8.13. The predicted molar refractivity (Wildman–Crippen MR) is 93.4 cm³/mol. The van der Waals surface area contributed by atoms with Crippen LogP contribution in [0.1, 0.15) is 36.2 Å². The molecule has 0 spiro atoms. The van der Waals surface area contributed by atoms with E-state index in [1.165, 1.54) is 11.1 Å². The number of rotatable bonds is 8. The van der Waals surface area contributed by atoms with Gasteiger partial charge in [0.2, 0.25) is 5.88 Å². The molecule has 0 fully saturated rings. The third-order valence-corrected chi connectivity index (χ3v) is 3.66. The number of carbonyl (C=O) groups is 2. The highest BCUT2D eigenvalue weighted by molar-refractivity contribution is 5.94. The average Bonchev–Trinajstić information content (AvgIpc) is 2.60. The van der Waals surface area contributed by atoms with Crippen molar-refractivity contribution in [3.8, 4) is 5.88 Å². The maximum Gasteiger partial charge on any atom is 0.305 e. The minimum Gasteiger partial charge on any atom is -0.481 e. The normalized spacial score (nSPS) is 10.5. The minimum absolute atomic E-state index is 0.0909. The second-order valence-electron chi connectivity index (χ2n) is 5.89. The standard InChI is InChI=1S/C19H22N2O4/c1-14(2)21(11-9-18(22)23)19(24)16-8-10-20-17(12-16)25-13-15-6-4-3-5-7-15/h3-8,10,12,14H,9,11,13H2,1-2H3,(H,22,23). The van der Waals surface area contributed by atoms with E-state index in [1.54, 1.807) is 12.1 Å². The van der Waals surface area contributed by atoms with Crippen LogP contribution in [0.15, 0.2) is 48.7 Å². The molecule has 0 saturated carbocycles. The summed E-state index contributed by atoms with van der Waals surface area (Å²) >= 11 is 0. The molecular weight excluding hydrogens is 320 g/mol. The Bertz CT molecular complexity index is 716. The van der Waals surface area contributed by atoms with Gasteiger partial charge >= 0.3 is 5.97 Å². The van der Waals surface area contributed by atoms with Crippen LogP contribution in [0.4, 0.5) is 0 Å². The first-order valence-corrected chi connectivity index (χ1v) is 8.13. The molecule has 6 heteroatoms. The van der Waals surface area contributed by atoms with E-state index in [9.17, 15) is 9.59 Å². The van der Waals surface area contributed by atoms with E-state index in [-0.39, 0.29) is 24.9 Å². The maximum atomic E-state index is 12.7. The molecule has 1 aromatic heterocycles. The van der Waals surface area contributed by atoms with E-state index >= 15 is 0 Å². The Kier molecular flexibility index (Phi) is 6.51. The van der Waals surface area contributed by atoms with Crippen molar-refractivity contribution in [2.24, 2.45) is 0 Å². The number of ether oxygens (including phenoxy) is 1. The van der Waals surface area contributed by atoms with Gasteiger partial charge in [-0.1, -0.05) is 30.3 Å². The van der Waals surface area contributed by atoms with Gasteiger partial charge in [0.1, 0.15) is 6.61 Å². The van der Waals surface area contributed by atoms with Gasteiger partial charge in [0.15, 0.2) is 0 Å². The summed E-state index contributed by atoms with van der Waals surface area (Å²) in [5.74, 6) is -0.806. The lowest BCUT2D eigenvalue weighted by atomic mass is 10.2. The number of benzene rings is 1. The fourth-order valence-electron chi connectivity index (χ4n) is 2.33. The van der Waals surface area contributed by atoms with Gasteiger partial charge in [-0.25, -0.2) is 4.98 Å². The second kappa shape index (κ2) is 8.82. The molecule has 0 aliphatic heterocycles. The number of carbonyl (C=O) groups excluding carboxylic acids is 1. The quantitative estimate of drug-likeness (QED) is 0.798. The number of carboxylic acids is 1. The third-order valence-electron chi connectivity index (χ3n) is 3.66. The van der Waals surface area contributed by atoms with Crippen molar-refractivity contribution in [3.63, 3.8) is 0 Å². The summed E-state index contributed by atoms with van der Waals surface area (Å²) in [6.45, 7) is 4.23. The topological polar surface area (TPSA) is 79.7 Å². The average molecular weight is 342 g/mol. The second-order valence-corrected chi connectivity index (χ2v) is 5.89. The van der Waals surface area contributed by atoms with Gasteiger partial charge in [-0.15, -0.1) is 0 Å². The number of amides is 1. The van der Waals surface area contributed by atoms with Crippen LogP contribution < -0.4 is 4.74 Å². The molecule has 132 valence electrons. The molecule has 0 radical (unpaired) electrons. The number of carboxylic acid groups (broad SMARTS) is 1. The first kappa shape index (κ1) is 18.4. The Morgan fingerprint density at radius 1 is 1.20 bits per heavy atom. The SMILES string of the molecule is CC(C)N(CCC(=O)O)C(=O)c1ccnc(OCc2ccccc2)c1. The van der Waals surface area contributed by atoms with Crippen molar-refractivity contribution in [1.29, 1.82) is 0 Å². The fraction of sp³-hybridized carbons (Fsp3) is 0.316. The fourth-order valence-corrected chi connectivity index (χ4v) is 2.33. The van der Waals surface area contributed by atoms with Crippen molar-refractivity contribution in [2.75, 3.05) is 6.54 Å². The number of aromatic nitrogens is 1. The molecule has 0 unspecified atom stereocenters. The largest absolute Gasteiger partial charge is 0.481 e. The van der Waals surface area contributed by atoms with Crippen LogP contribution in [0.5, 0.6) is 5.88 Å². The van der Waals surface area contributed by atoms with Crippen molar-refractivity contribution >= 4 is 11.9 Å². The molecule has 6 nitrogen and oxygen atoms in total. The van der Waals surface area contributed by atoms with Gasteiger partial charge in [0.25, 0.3) is 5.91 Å². The summed E-state index contributed by atoms with van der Waals surface area (Å²) in [6.07, 6.45) is 1.43. The Labute approximate surface area is 147 Å². The van der Waals surface area contributed by atoms with Crippen LogP contribution in [0.25, 0.3) is 0 Å². The number of pyridine rings is 1. The van der Waals surface area contributed by atoms with E-state index in [0.717, 1.165) is 5.56 Å². The molecule has 0 bridgehead atoms. The molecule has 0 aliphatic rings. The van der Waals surface area contributed by atoms with E-state index < -0.39 is 5.97 Å². The van der Waals surface area contributed by atoms with E-state index in [4.69, 9.17) is 9.84 Å². The molecular formula is C19H22N2O4. The van der Waals surface area contributed by atoms with Crippen LogP contribution in [0.3, 0.4) is 0 Å². The molecule has 1 N–H and O–H groups in total. The summed E-state index contributed by atoms with van der Waals surface area (Å²) in [4.78, 5) is 29.1. The third kappa shape index (κ3) is 5.60. The van der Waals surface area contributed by atoms with Crippen molar-refractivity contribution in [1.82, 2.24) is 9.88 Å². The zero-order valence-corrected chi connectivity index (χ0v) is 14.4. The number of aliphatic carboxylic acids is 1. The van der Waals surface area contributed by atoms with Gasteiger partial charge in [0.05, 0.1) is 6.42 Å². The lowest BCUT2D eigenvalue weighted by molar-refractivity contribution is -0.137. The number of hydrogen-bond acceptors (Lipinski definition) is 4. The molecule has 0 saturated heterocycles. The number of hydrogen-bond donors (Lipinski definition) is 1. The smallest absolute Gasteiger partial charge is 0.305 e. The zero-order chi connectivity index (χ0) is 18.2. The minimum atomic E-state index is -0.930. The monoisotopic (exact) mass is 342 g/mol. The number of nitrogens with zero attached hydrogens (tertiary/aromatic N) is 2. The Morgan fingerprint density at radius 2 is 1.92 bits per heavy atom. The van der Waals surface area contributed by atoms with Gasteiger partial charge in [-0.3, -0.25) is 9.59 Å². The summed E-state index contributed by atoms with van der Waals surface area (Å²) in [7, 11) is 0. The van der Waals surface area contributed by atoms with Gasteiger partial charge < -0.3 is 14.7 Å². The first-order chi connectivity index (χ1) is 12.0. The predicted octanol–water partition coefficient (Wildman–Crippen LogP) is 2.99. The van der Waals surface area contributed by atoms with Crippen LogP contribution in [0, 0.1) is 0 Å². The summed E-state index contributed by atoms with van der Waals surface area (Å²) in [5.41, 5.74) is 1.43.